The van der Waals surface area contributed by atoms with Crippen LogP contribution >= 0.6 is 0 Å². The third-order valence-corrected chi connectivity index (χ3v) is 5.43. The lowest BCUT2D eigenvalue weighted by Gasteiger charge is -2.38. The maximum absolute atomic E-state index is 13.1. The predicted octanol–water partition coefficient (Wildman–Crippen LogP) is 3.63. The highest BCUT2D eigenvalue weighted by Crippen LogP contribution is 2.34. The molecule has 132 valence electrons. The third-order valence-electron chi connectivity index (χ3n) is 5.43. The van der Waals surface area contributed by atoms with Gasteiger partial charge in [-0.3, -0.25) is 4.90 Å². The quantitative estimate of drug-likeness (QED) is 0.925. The topological polar surface area (TPSA) is 32.7 Å². The van der Waals surface area contributed by atoms with Crippen molar-refractivity contribution in [2.45, 2.75) is 44.4 Å². The molecule has 25 heavy (non-hydrogen) atoms. The van der Waals surface area contributed by atoms with Gasteiger partial charge < -0.3 is 9.84 Å². The average molecular weight is 341 g/mol. The molecule has 2 heterocycles. The first kappa shape index (κ1) is 16.6. The highest BCUT2D eigenvalue weighted by Gasteiger charge is 2.34. The summed E-state index contributed by atoms with van der Waals surface area (Å²) >= 11 is 0. The van der Waals surface area contributed by atoms with E-state index in [0.717, 1.165) is 37.4 Å². The number of rotatable bonds is 3. The van der Waals surface area contributed by atoms with Crippen molar-refractivity contribution in [3.8, 4) is 5.75 Å². The van der Waals surface area contributed by atoms with Crippen LogP contribution in [0.3, 0.4) is 0 Å². The molecule has 0 radical (unpaired) electrons. The van der Waals surface area contributed by atoms with E-state index in [1.54, 1.807) is 12.1 Å². The fourth-order valence-corrected chi connectivity index (χ4v) is 3.96. The molecule has 2 aromatic rings. The molecule has 0 spiro atoms. The van der Waals surface area contributed by atoms with Crippen LogP contribution in [0.5, 0.6) is 5.75 Å². The highest BCUT2D eigenvalue weighted by atomic mass is 19.1. The molecule has 4 heteroatoms. The first-order valence-corrected chi connectivity index (χ1v) is 9.01. The van der Waals surface area contributed by atoms with E-state index in [2.05, 4.69) is 30.0 Å². The van der Waals surface area contributed by atoms with Gasteiger partial charge in [-0.05, 0) is 54.7 Å². The Hall–Kier alpha value is -1.91. The lowest BCUT2D eigenvalue weighted by atomic mass is 9.84. The summed E-state index contributed by atoms with van der Waals surface area (Å²) in [6, 6.07) is 12.7. The first-order chi connectivity index (χ1) is 12.0. The second-order valence-corrected chi connectivity index (χ2v) is 7.39. The van der Waals surface area contributed by atoms with Crippen LogP contribution in [0.1, 0.15) is 36.5 Å². The van der Waals surface area contributed by atoms with Crippen LogP contribution in [0, 0.1) is 5.82 Å². The maximum atomic E-state index is 13.1. The largest absolute Gasteiger partial charge is 0.490 e. The molecule has 0 bridgehead atoms. The second kappa shape index (κ2) is 6.43. The van der Waals surface area contributed by atoms with E-state index >= 15 is 0 Å². The molecule has 2 aliphatic heterocycles. The number of nitrogens with zero attached hydrogens (tertiary/aromatic N) is 1. The Morgan fingerprint density at radius 2 is 1.88 bits per heavy atom. The van der Waals surface area contributed by atoms with Crippen LogP contribution in [-0.2, 0) is 18.6 Å². The molecule has 1 saturated heterocycles. The van der Waals surface area contributed by atoms with E-state index in [-0.39, 0.29) is 11.9 Å². The smallest absolute Gasteiger partial charge is 0.123 e. The normalized spacial score (nSPS) is 22.4. The summed E-state index contributed by atoms with van der Waals surface area (Å²) in [5, 5.41) is 10.9. The van der Waals surface area contributed by atoms with E-state index in [1.165, 1.54) is 23.3 Å². The lowest BCUT2D eigenvalue weighted by Crippen LogP contribution is -2.42. The van der Waals surface area contributed by atoms with E-state index in [4.69, 9.17) is 4.74 Å². The monoisotopic (exact) mass is 341 g/mol. The molecule has 2 aromatic carbocycles. The molecule has 1 N–H and O–H groups in total. The van der Waals surface area contributed by atoms with Crippen LogP contribution < -0.4 is 4.74 Å². The molecule has 1 fully saturated rings. The molecule has 4 rings (SSSR count). The molecule has 1 unspecified atom stereocenters. The number of likely N-dealkylation sites (tertiary alicyclic amines) is 1. The Morgan fingerprint density at radius 3 is 2.60 bits per heavy atom. The van der Waals surface area contributed by atoms with Crippen LogP contribution in [0.2, 0.25) is 0 Å². The van der Waals surface area contributed by atoms with Gasteiger partial charge in [-0.2, -0.15) is 0 Å². The van der Waals surface area contributed by atoms with Crippen LogP contribution in [0.25, 0.3) is 0 Å². The minimum atomic E-state index is -0.842. The molecule has 0 saturated carbocycles. The Morgan fingerprint density at radius 1 is 1.16 bits per heavy atom. The van der Waals surface area contributed by atoms with Gasteiger partial charge in [0.15, 0.2) is 0 Å². The zero-order valence-electron chi connectivity index (χ0n) is 14.5. The van der Waals surface area contributed by atoms with Gasteiger partial charge in [-0.15, -0.1) is 0 Å². The fourth-order valence-electron chi connectivity index (χ4n) is 3.96. The van der Waals surface area contributed by atoms with Crippen molar-refractivity contribution in [3.63, 3.8) is 0 Å². The first-order valence-electron chi connectivity index (χ1n) is 9.01. The maximum Gasteiger partial charge on any atom is 0.123 e. The highest BCUT2D eigenvalue weighted by molar-refractivity contribution is 5.40. The molecular formula is C21H24FNO2. The third kappa shape index (κ3) is 3.42. The van der Waals surface area contributed by atoms with Crippen LogP contribution in [-0.4, -0.2) is 29.2 Å². The van der Waals surface area contributed by atoms with Crippen molar-refractivity contribution >= 4 is 0 Å². The van der Waals surface area contributed by atoms with Crippen molar-refractivity contribution in [3.05, 3.63) is 65.0 Å². The standard InChI is InChI=1S/C21H24FNO2/c1-15-12-17-13-16(2-7-20(17)25-15)14-23-10-8-21(24,9-11-23)18-3-5-19(22)6-4-18/h2-7,13,15,24H,8-12,14H2,1H3. The van der Waals surface area contributed by atoms with Crippen molar-refractivity contribution in [2.24, 2.45) is 0 Å². The van der Waals surface area contributed by atoms with E-state index in [9.17, 15) is 9.50 Å². The van der Waals surface area contributed by atoms with Gasteiger partial charge in [-0.1, -0.05) is 24.3 Å². The number of hydrogen-bond donors (Lipinski definition) is 1. The van der Waals surface area contributed by atoms with E-state index in [1.807, 2.05) is 0 Å². The van der Waals surface area contributed by atoms with E-state index in [0.29, 0.717) is 12.8 Å². The van der Waals surface area contributed by atoms with Gasteiger partial charge in [0.05, 0.1) is 5.60 Å². The summed E-state index contributed by atoms with van der Waals surface area (Å²) in [6.07, 6.45) is 2.59. The number of piperidine rings is 1. The van der Waals surface area contributed by atoms with Gasteiger partial charge in [0.1, 0.15) is 17.7 Å². The summed E-state index contributed by atoms with van der Waals surface area (Å²) in [4.78, 5) is 2.37. The number of aliphatic hydroxyl groups is 1. The van der Waals surface area contributed by atoms with Gasteiger partial charge in [0.25, 0.3) is 0 Å². The molecule has 0 amide bonds. The SMILES string of the molecule is CC1Cc2cc(CN3CCC(O)(c4ccc(F)cc4)CC3)ccc2O1. The summed E-state index contributed by atoms with van der Waals surface area (Å²) in [6.45, 7) is 4.65. The number of hydrogen-bond acceptors (Lipinski definition) is 3. The zero-order valence-corrected chi connectivity index (χ0v) is 14.5. The second-order valence-electron chi connectivity index (χ2n) is 7.39. The molecule has 3 nitrogen and oxygen atoms in total. The number of benzene rings is 2. The van der Waals surface area contributed by atoms with Gasteiger partial charge >= 0.3 is 0 Å². The van der Waals surface area contributed by atoms with Crippen LogP contribution in [0.15, 0.2) is 42.5 Å². The van der Waals surface area contributed by atoms with Crippen molar-refractivity contribution in [1.29, 1.82) is 0 Å². The zero-order chi connectivity index (χ0) is 17.4. The number of halogens is 1. The summed E-state index contributed by atoms with van der Waals surface area (Å²) < 4.78 is 18.9. The molecular weight excluding hydrogens is 317 g/mol. The molecule has 0 aromatic heterocycles. The predicted molar refractivity (Wildman–Crippen MR) is 95.0 cm³/mol. The Balaban J connectivity index is 1.39. The Bertz CT molecular complexity index is 751. The van der Waals surface area contributed by atoms with Crippen molar-refractivity contribution < 1.29 is 14.2 Å². The van der Waals surface area contributed by atoms with Gasteiger partial charge in [0, 0.05) is 26.1 Å². The Labute approximate surface area is 148 Å². The van der Waals surface area contributed by atoms with Gasteiger partial charge in [0.2, 0.25) is 0 Å². The molecule has 1 atom stereocenters. The van der Waals surface area contributed by atoms with Crippen molar-refractivity contribution in [2.75, 3.05) is 13.1 Å². The summed E-state index contributed by atoms with van der Waals surface area (Å²) in [5.41, 5.74) is 2.57. The minimum Gasteiger partial charge on any atom is -0.490 e. The molecule has 2 aliphatic rings. The van der Waals surface area contributed by atoms with Crippen LogP contribution in [0.4, 0.5) is 4.39 Å². The fraction of sp³-hybridized carbons (Fsp3) is 0.429. The van der Waals surface area contributed by atoms with Gasteiger partial charge in [-0.25, -0.2) is 4.39 Å². The number of fused-ring (bicyclic) bond motifs is 1. The van der Waals surface area contributed by atoms with E-state index < -0.39 is 5.60 Å². The summed E-state index contributed by atoms with van der Waals surface area (Å²) in [7, 11) is 0. The lowest BCUT2D eigenvalue weighted by molar-refractivity contribution is -0.0277. The molecule has 0 aliphatic carbocycles. The Kier molecular flexibility index (Phi) is 4.26. The summed E-state index contributed by atoms with van der Waals surface area (Å²) in [5.74, 6) is 0.750. The minimum absolute atomic E-state index is 0.264. The number of ether oxygens (including phenoxy) is 1. The average Bonchev–Trinajstić information content (AvgIpc) is 2.97. The van der Waals surface area contributed by atoms with Crippen molar-refractivity contribution in [1.82, 2.24) is 4.90 Å².